The molecule has 4 atom stereocenters. The second-order valence-electron chi connectivity index (χ2n) is 9.42. The van der Waals surface area contributed by atoms with Gasteiger partial charge in [-0.15, -0.1) is 0 Å². The Labute approximate surface area is 184 Å². The summed E-state index contributed by atoms with van der Waals surface area (Å²) < 4.78 is 0. The lowest BCUT2D eigenvalue weighted by molar-refractivity contribution is 0.161. The third-order valence-corrected chi connectivity index (χ3v) is 9.65. The van der Waals surface area contributed by atoms with Crippen LogP contribution < -0.4 is 10.6 Å². The Balaban J connectivity index is 1.76. The molecular weight excluding hydrogens is 379 g/mol. The van der Waals surface area contributed by atoms with E-state index in [4.69, 9.17) is 0 Å². The van der Waals surface area contributed by atoms with Crippen LogP contribution in [-0.4, -0.2) is 6.16 Å². The Morgan fingerprint density at radius 1 is 0.800 bits per heavy atom. The van der Waals surface area contributed by atoms with Gasteiger partial charge in [-0.1, -0.05) is 112 Å². The molecule has 0 radical (unpaired) electrons. The van der Waals surface area contributed by atoms with Crippen molar-refractivity contribution in [2.75, 3.05) is 6.16 Å². The largest absolute Gasteiger partial charge is 0.0625 e. The maximum absolute atomic E-state index is 2.46. The van der Waals surface area contributed by atoms with E-state index in [-0.39, 0.29) is 7.92 Å². The highest BCUT2D eigenvalue weighted by atomic mass is 31.1. The Morgan fingerprint density at radius 2 is 1.43 bits per heavy atom. The van der Waals surface area contributed by atoms with Crippen LogP contribution in [0.4, 0.5) is 0 Å². The lowest BCUT2D eigenvalue weighted by Gasteiger charge is -2.39. The van der Waals surface area contributed by atoms with Crippen LogP contribution in [0.5, 0.6) is 0 Å². The van der Waals surface area contributed by atoms with Crippen LogP contribution in [0.15, 0.2) is 84.9 Å². The highest BCUT2D eigenvalue weighted by molar-refractivity contribution is 7.73. The van der Waals surface area contributed by atoms with Gasteiger partial charge in [0.25, 0.3) is 0 Å². The van der Waals surface area contributed by atoms with Crippen molar-refractivity contribution in [1.29, 1.82) is 0 Å². The van der Waals surface area contributed by atoms with Crippen LogP contribution in [0.1, 0.15) is 40.0 Å². The maximum Gasteiger partial charge on any atom is -0.0104 e. The maximum atomic E-state index is 2.46. The van der Waals surface area contributed by atoms with Gasteiger partial charge in [0.2, 0.25) is 0 Å². The van der Waals surface area contributed by atoms with Gasteiger partial charge in [0.05, 0.1) is 0 Å². The molecule has 0 aliphatic heterocycles. The monoisotopic (exact) mass is 414 g/mol. The fourth-order valence-electron chi connectivity index (χ4n) is 5.37. The number of hydrogen-bond acceptors (Lipinski definition) is 0. The van der Waals surface area contributed by atoms with Gasteiger partial charge < -0.3 is 0 Å². The van der Waals surface area contributed by atoms with E-state index in [0.717, 1.165) is 23.7 Å². The van der Waals surface area contributed by atoms with Gasteiger partial charge in [-0.05, 0) is 72.3 Å². The van der Waals surface area contributed by atoms with Crippen LogP contribution in [0, 0.1) is 23.7 Å². The van der Waals surface area contributed by atoms with Crippen LogP contribution >= 0.6 is 7.92 Å². The van der Waals surface area contributed by atoms with Crippen molar-refractivity contribution in [2.45, 2.75) is 40.0 Å². The molecule has 3 aromatic rings. The van der Waals surface area contributed by atoms with E-state index >= 15 is 0 Å². The van der Waals surface area contributed by atoms with E-state index in [1.54, 1.807) is 5.30 Å². The third-order valence-electron chi connectivity index (χ3n) is 6.92. The van der Waals surface area contributed by atoms with Crippen molar-refractivity contribution in [2.24, 2.45) is 23.7 Å². The highest BCUT2D eigenvalue weighted by Gasteiger charge is 2.33. The molecule has 0 N–H and O–H groups in total. The summed E-state index contributed by atoms with van der Waals surface area (Å²) in [5.74, 6) is 3.32. The SMILES string of the molecule is CC1CCC(C(C)C)C(CP(c2ccccc2)c2ccccc2-c2ccccc2)C1. The fraction of sp³-hybridized carbons (Fsp3) is 0.379. The van der Waals surface area contributed by atoms with Gasteiger partial charge in [0, 0.05) is 0 Å². The van der Waals surface area contributed by atoms with E-state index in [1.807, 2.05) is 0 Å². The molecule has 30 heavy (non-hydrogen) atoms. The Hall–Kier alpha value is -1.91. The van der Waals surface area contributed by atoms with Crippen LogP contribution in [0.25, 0.3) is 11.1 Å². The molecule has 0 saturated heterocycles. The van der Waals surface area contributed by atoms with Crippen molar-refractivity contribution in [3.8, 4) is 11.1 Å². The second-order valence-corrected chi connectivity index (χ2v) is 11.6. The molecule has 0 heterocycles. The van der Waals surface area contributed by atoms with Crippen LogP contribution in [0.3, 0.4) is 0 Å². The molecular formula is C29H35P. The lowest BCUT2D eigenvalue weighted by Crippen LogP contribution is -2.32. The summed E-state index contributed by atoms with van der Waals surface area (Å²) >= 11 is 0. The molecule has 1 aliphatic carbocycles. The predicted molar refractivity (Wildman–Crippen MR) is 134 cm³/mol. The van der Waals surface area contributed by atoms with Crippen molar-refractivity contribution < 1.29 is 0 Å². The standard InChI is InChI=1S/C29H35P/c1-22(2)27-19-18-23(3)20-25(27)21-30(26-14-8-5-9-15-26)29-17-11-10-16-28(29)24-12-6-4-7-13-24/h4-17,22-23,25,27H,18-21H2,1-3H3. The van der Waals surface area contributed by atoms with Gasteiger partial charge in [-0.3, -0.25) is 0 Å². The van der Waals surface area contributed by atoms with Gasteiger partial charge in [0.1, 0.15) is 0 Å². The minimum absolute atomic E-state index is 0.389. The highest BCUT2D eigenvalue weighted by Crippen LogP contribution is 2.47. The number of benzene rings is 3. The van der Waals surface area contributed by atoms with E-state index in [9.17, 15) is 0 Å². The molecule has 1 heteroatoms. The number of hydrogen-bond donors (Lipinski definition) is 0. The zero-order valence-electron chi connectivity index (χ0n) is 18.7. The van der Waals surface area contributed by atoms with Crippen molar-refractivity contribution in [3.63, 3.8) is 0 Å². The summed E-state index contributed by atoms with van der Waals surface area (Å²) in [6.07, 6.45) is 5.52. The molecule has 3 aromatic carbocycles. The molecule has 4 unspecified atom stereocenters. The fourth-order valence-corrected chi connectivity index (χ4v) is 8.23. The first-order valence-corrected chi connectivity index (χ1v) is 13.1. The molecule has 4 rings (SSSR count). The summed E-state index contributed by atoms with van der Waals surface area (Å²) in [7, 11) is -0.389. The smallest absolute Gasteiger partial charge is 0.0104 e. The zero-order chi connectivity index (χ0) is 20.9. The minimum Gasteiger partial charge on any atom is -0.0625 e. The summed E-state index contributed by atoms with van der Waals surface area (Å²) in [6, 6.07) is 31.4. The molecule has 1 fully saturated rings. The first-order chi connectivity index (χ1) is 14.6. The molecule has 0 nitrogen and oxygen atoms in total. The molecule has 0 aromatic heterocycles. The quantitative estimate of drug-likeness (QED) is 0.366. The average molecular weight is 415 g/mol. The van der Waals surface area contributed by atoms with Gasteiger partial charge in [-0.25, -0.2) is 0 Å². The lowest BCUT2D eigenvalue weighted by atomic mass is 9.71. The molecule has 1 saturated carbocycles. The van der Waals surface area contributed by atoms with Crippen LogP contribution in [0.2, 0.25) is 0 Å². The van der Waals surface area contributed by atoms with Gasteiger partial charge in [0.15, 0.2) is 0 Å². The van der Waals surface area contributed by atoms with Crippen LogP contribution in [-0.2, 0) is 0 Å². The molecule has 0 bridgehead atoms. The first kappa shape index (κ1) is 21.3. The van der Waals surface area contributed by atoms with Crippen molar-refractivity contribution >= 4 is 18.5 Å². The Morgan fingerprint density at radius 3 is 2.13 bits per heavy atom. The topological polar surface area (TPSA) is 0 Å². The molecule has 156 valence electrons. The Bertz CT molecular complexity index is 915. The van der Waals surface area contributed by atoms with E-state index in [0.29, 0.717) is 0 Å². The van der Waals surface area contributed by atoms with E-state index in [2.05, 4.69) is 106 Å². The molecule has 0 spiro atoms. The second kappa shape index (κ2) is 9.93. The van der Waals surface area contributed by atoms with Gasteiger partial charge >= 0.3 is 0 Å². The third kappa shape index (κ3) is 4.87. The summed E-state index contributed by atoms with van der Waals surface area (Å²) in [6.45, 7) is 7.35. The van der Waals surface area contributed by atoms with Crippen molar-refractivity contribution in [1.82, 2.24) is 0 Å². The predicted octanol–water partition coefficient (Wildman–Crippen LogP) is 7.49. The number of rotatable bonds is 6. The minimum atomic E-state index is -0.389. The molecule has 0 amide bonds. The molecule has 1 aliphatic rings. The summed E-state index contributed by atoms with van der Waals surface area (Å²) in [5.41, 5.74) is 2.76. The Kier molecular flexibility index (Phi) is 7.06. The van der Waals surface area contributed by atoms with E-state index < -0.39 is 0 Å². The first-order valence-electron chi connectivity index (χ1n) is 11.6. The zero-order valence-corrected chi connectivity index (χ0v) is 19.6. The normalized spacial score (nSPS) is 22.7. The van der Waals surface area contributed by atoms with E-state index in [1.165, 1.54) is 41.9 Å². The van der Waals surface area contributed by atoms with Gasteiger partial charge in [-0.2, -0.15) is 0 Å². The average Bonchev–Trinajstić information content (AvgIpc) is 2.78. The summed E-state index contributed by atoms with van der Waals surface area (Å²) in [5, 5.41) is 3.07. The summed E-state index contributed by atoms with van der Waals surface area (Å²) in [4.78, 5) is 0. The van der Waals surface area contributed by atoms with Crippen molar-refractivity contribution in [3.05, 3.63) is 84.9 Å².